The van der Waals surface area contributed by atoms with Gasteiger partial charge in [-0.1, -0.05) is 45.7 Å². The molecule has 0 heterocycles. The lowest BCUT2D eigenvalue weighted by Gasteiger charge is -2.29. The molecule has 2 rings (SSSR count). The Balaban J connectivity index is 2.18. The molecule has 1 atom stereocenters. The van der Waals surface area contributed by atoms with E-state index in [1.165, 1.54) is 9.21 Å². The summed E-state index contributed by atoms with van der Waals surface area (Å²) in [6.07, 6.45) is 1.51. The number of likely N-dealkylation sites (N-methyl/N-ethyl adjacent to an activating group) is 1. The van der Waals surface area contributed by atoms with E-state index in [2.05, 4.69) is 21.2 Å². The molecule has 2 amide bonds. The average Bonchev–Trinajstić information content (AvgIpc) is 2.77. The lowest BCUT2D eigenvalue weighted by molar-refractivity contribution is -0.140. The number of nitrogens with zero attached hydrogens (tertiary/aromatic N) is 2. The van der Waals surface area contributed by atoms with E-state index in [9.17, 15) is 18.0 Å². The highest BCUT2D eigenvalue weighted by molar-refractivity contribution is 9.10. The van der Waals surface area contributed by atoms with Gasteiger partial charge in [-0.25, -0.2) is 8.42 Å². The number of hydrogen-bond acceptors (Lipinski definition) is 4. The number of nitrogens with one attached hydrogen (secondary N) is 1. The van der Waals surface area contributed by atoms with Crippen LogP contribution >= 0.6 is 27.5 Å². The minimum absolute atomic E-state index is 0.0892. The van der Waals surface area contributed by atoms with E-state index in [1.807, 2.05) is 31.2 Å². The first-order valence-electron chi connectivity index (χ1n) is 11.0. The Bertz CT molecular complexity index is 1110. The Kier molecular flexibility index (Phi) is 10.4. The van der Waals surface area contributed by atoms with Crippen molar-refractivity contribution in [2.75, 3.05) is 23.7 Å². The number of carbonyl (C=O) groups excluding carboxylic acids is 2. The van der Waals surface area contributed by atoms with Gasteiger partial charge in [0.25, 0.3) is 0 Å². The van der Waals surface area contributed by atoms with Crippen LogP contribution in [0.4, 0.5) is 5.69 Å². The summed E-state index contributed by atoms with van der Waals surface area (Å²) >= 11 is 9.59. The topological polar surface area (TPSA) is 86.8 Å². The smallest absolute Gasteiger partial charge is 0.242 e. The first-order valence-corrected chi connectivity index (χ1v) is 14.0. The molecule has 0 aliphatic rings. The predicted octanol–water partition coefficient (Wildman–Crippen LogP) is 4.51. The number of rotatable bonds is 11. The molecule has 186 valence electrons. The third-order valence-electron chi connectivity index (χ3n) is 5.44. The van der Waals surface area contributed by atoms with Crippen molar-refractivity contribution in [3.63, 3.8) is 0 Å². The molecule has 0 aliphatic carbocycles. The van der Waals surface area contributed by atoms with Gasteiger partial charge in [0.1, 0.15) is 6.04 Å². The van der Waals surface area contributed by atoms with Crippen LogP contribution in [0.15, 0.2) is 46.9 Å². The van der Waals surface area contributed by atoms with Crippen LogP contribution < -0.4 is 9.62 Å². The Morgan fingerprint density at radius 3 is 2.38 bits per heavy atom. The lowest BCUT2D eigenvalue weighted by Crippen LogP contribution is -2.47. The normalized spacial score (nSPS) is 12.2. The van der Waals surface area contributed by atoms with Gasteiger partial charge in [-0.15, -0.1) is 0 Å². The largest absolute Gasteiger partial charge is 0.355 e. The minimum Gasteiger partial charge on any atom is -0.355 e. The maximum atomic E-state index is 13.2. The van der Waals surface area contributed by atoms with Crippen molar-refractivity contribution < 1.29 is 18.0 Å². The van der Waals surface area contributed by atoms with Gasteiger partial charge in [0.05, 0.1) is 11.9 Å². The van der Waals surface area contributed by atoms with Gasteiger partial charge in [0.15, 0.2) is 0 Å². The summed E-state index contributed by atoms with van der Waals surface area (Å²) in [6.45, 7) is 6.13. The van der Waals surface area contributed by atoms with Crippen LogP contribution in [0.2, 0.25) is 5.02 Å². The van der Waals surface area contributed by atoms with E-state index >= 15 is 0 Å². The third kappa shape index (κ3) is 7.71. The zero-order valence-corrected chi connectivity index (χ0v) is 23.0. The Labute approximate surface area is 215 Å². The number of sulfonamides is 1. The summed E-state index contributed by atoms with van der Waals surface area (Å²) in [7, 11) is -3.58. The summed E-state index contributed by atoms with van der Waals surface area (Å²) in [6, 6.07) is 12.0. The second-order valence-corrected chi connectivity index (χ2v) is 11.3. The maximum Gasteiger partial charge on any atom is 0.242 e. The first-order chi connectivity index (χ1) is 16.0. The van der Waals surface area contributed by atoms with Gasteiger partial charge in [0, 0.05) is 35.6 Å². The number of halogens is 2. The summed E-state index contributed by atoms with van der Waals surface area (Å²) < 4.78 is 27.1. The molecule has 0 radical (unpaired) electrons. The summed E-state index contributed by atoms with van der Waals surface area (Å²) in [5, 5.41) is 3.23. The zero-order valence-electron chi connectivity index (χ0n) is 19.8. The predicted molar refractivity (Wildman–Crippen MR) is 140 cm³/mol. The van der Waals surface area contributed by atoms with Crippen LogP contribution in [-0.2, 0) is 26.2 Å². The van der Waals surface area contributed by atoms with Gasteiger partial charge in [-0.2, -0.15) is 0 Å². The number of anilines is 1. The van der Waals surface area contributed by atoms with E-state index < -0.39 is 16.1 Å². The van der Waals surface area contributed by atoms with Gasteiger partial charge in [-0.05, 0) is 62.6 Å². The van der Waals surface area contributed by atoms with Gasteiger partial charge in [0.2, 0.25) is 21.8 Å². The molecule has 0 unspecified atom stereocenters. The second kappa shape index (κ2) is 12.6. The molecule has 0 bridgehead atoms. The molecule has 7 nitrogen and oxygen atoms in total. The summed E-state index contributed by atoms with van der Waals surface area (Å²) in [4.78, 5) is 27.2. The molecule has 0 spiro atoms. The molecule has 0 saturated carbocycles. The van der Waals surface area contributed by atoms with Crippen molar-refractivity contribution in [2.45, 2.75) is 46.2 Å². The Morgan fingerprint density at radius 2 is 1.79 bits per heavy atom. The van der Waals surface area contributed by atoms with Crippen LogP contribution in [0.1, 0.15) is 37.8 Å². The summed E-state index contributed by atoms with van der Waals surface area (Å²) in [5.41, 5.74) is 2.03. The molecule has 2 aromatic carbocycles. The highest BCUT2D eigenvalue weighted by atomic mass is 79.9. The van der Waals surface area contributed by atoms with E-state index in [0.29, 0.717) is 22.8 Å². The molecular formula is C24H31BrClN3O4S. The molecular weight excluding hydrogens is 542 g/mol. The Hall–Kier alpha value is -2.10. The van der Waals surface area contributed by atoms with E-state index in [1.54, 1.807) is 32.0 Å². The molecule has 1 N–H and O–H groups in total. The number of benzene rings is 2. The molecule has 10 heteroatoms. The minimum atomic E-state index is -3.58. The van der Waals surface area contributed by atoms with Crippen LogP contribution in [0.3, 0.4) is 0 Å². The van der Waals surface area contributed by atoms with Crippen LogP contribution in [-0.4, -0.2) is 50.5 Å². The van der Waals surface area contributed by atoms with Crippen LogP contribution in [0, 0.1) is 6.92 Å². The van der Waals surface area contributed by atoms with Crippen LogP contribution in [0.5, 0.6) is 0 Å². The van der Waals surface area contributed by atoms with Gasteiger partial charge < -0.3 is 10.2 Å². The standard InChI is InChI=1S/C24H31BrClN3O4S/c1-5-27-24(31)18(3)28(16-19-11-13-20(25)14-12-19)23(30)10-7-15-29(34(4,32)33)22-9-6-8-21(26)17(22)2/h6,8-9,11-14,18H,5,7,10,15-16H2,1-4H3,(H,27,31)/t18-/m0/s1. The fourth-order valence-corrected chi connectivity index (χ4v) is 4.99. The molecule has 0 aliphatic heterocycles. The molecule has 0 fully saturated rings. The van der Waals surface area contributed by atoms with Gasteiger partial charge >= 0.3 is 0 Å². The highest BCUT2D eigenvalue weighted by Crippen LogP contribution is 2.28. The first kappa shape index (κ1) is 28.1. The number of amides is 2. The third-order valence-corrected chi connectivity index (χ3v) is 7.56. The van der Waals surface area contributed by atoms with Crippen molar-refractivity contribution in [3.05, 3.63) is 63.1 Å². The molecule has 0 aromatic heterocycles. The summed E-state index contributed by atoms with van der Waals surface area (Å²) in [5.74, 6) is -0.460. The van der Waals surface area contributed by atoms with Crippen LogP contribution in [0.25, 0.3) is 0 Å². The fourth-order valence-electron chi connectivity index (χ4n) is 3.54. The average molecular weight is 573 g/mol. The van der Waals surface area contributed by atoms with Crippen molar-refractivity contribution in [2.24, 2.45) is 0 Å². The van der Waals surface area contributed by atoms with Crippen molar-refractivity contribution in [1.29, 1.82) is 0 Å². The van der Waals surface area contributed by atoms with E-state index in [0.717, 1.165) is 16.3 Å². The Morgan fingerprint density at radius 1 is 1.15 bits per heavy atom. The van der Waals surface area contributed by atoms with E-state index in [4.69, 9.17) is 11.6 Å². The van der Waals surface area contributed by atoms with E-state index in [-0.39, 0.29) is 37.7 Å². The van der Waals surface area contributed by atoms with Crippen molar-refractivity contribution in [3.8, 4) is 0 Å². The molecule has 2 aromatic rings. The SMILES string of the molecule is CCNC(=O)[C@H](C)N(Cc1ccc(Br)cc1)C(=O)CCCN(c1cccc(Cl)c1C)S(C)(=O)=O. The van der Waals surface area contributed by atoms with Crippen molar-refractivity contribution >= 4 is 55.1 Å². The number of carbonyl (C=O) groups is 2. The number of hydrogen-bond donors (Lipinski definition) is 1. The monoisotopic (exact) mass is 571 g/mol. The lowest BCUT2D eigenvalue weighted by atomic mass is 10.1. The molecule has 34 heavy (non-hydrogen) atoms. The zero-order chi connectivity index (χ0) is 25.5. The fraction of sp³-hybridized carbons (Fsp3) is 0.417. The highest BCUT2D eigenvalue weighted by Gasteiger charge is 2.26. The van der Waals surface area contributed by atoms with Gasteiger partial charge in [-0.3, -0.25) is 13.9 Å². The van der Waals surface area contributed by atoms with Crippen molar-refractivity contribution in [1.82, 2.24) is 10.2 Å². The maximum absolute atomic E-state index is 13.2. The second-order valence-electron chi connectivity index (χ2n) is 8.04. The molecule has 0 saturated heterocycles. The quantitative estimate of drug-likeness (QED) is 0.429.